The number of rotatable bonds is 8. The van der Waals surface area contributed by atoms with Gasteiger partial charge in [-0.3, -0.25) is 9.59 Å². The Bertz CT molecular complexity index is 398. The van der Waals surface area contributed by atoms with Crippen molar-refractivity contribution in [3.63, 3.8) is 0 Å². The number of carbonyl (C=O) groups excluding carboxylic acids is 3. The SMILES string of the molecule is CSCCC(NC(=O)OC(C)(C)C)C(=O)NC(CO)C(N)=O. The minimum Gasteiger partial charge on any atom is -0.444 e. The van der Waals surface area contributed by atoms with Crippen molar-refractivity contribution < 1.29 is 24.2 Å². The largest absolute Gasteiger partial charge is 0.444 e. The molecule has 9 heteroatoms. The van der Waals surface area contributed by atoms with Crippen molar-refractivity contribution in [2.45, 2.75) is 44.9 Å². The lowest BCUT2D eigenvalue weighted by Gasteiger charge is -2.24. The molecule has 0 aromatic carbocycles. The van der Waals surface area contributed by atoms with E-state index in [1.165, 1.54) is 11.8 Å². The van der Waals surface area contributed by atoms with E-state index in [1.807, 2.05) is 6.26 Å². The number of alkyl carbamates (subject to hydrolysis) is 1. The maximum absolute atomic E-state index is 12.1. The molecule has 0 heterocycles. The van der Waals surface area contributed by atoms with Gasteiger partial charge in [0.1, 0.15) is 17.7 Å². The average Bonchev–Trinajstić information content (AvgIpc) is 2.37. The van der Waals surface area contributed by atoms with Crippen LogP contribution in [0.4, 0.5) is 4.79 Å². The average molecular weight is 335 g/mol. The lowest BCUT2D eigenvalue weighted by atomic mass is 10.2. The highest BCUT2D eigenvalue weighted by atomic mass is 32.2. The Morgan fingerprint density at radius 3 is 2.23 bits per heavy atom. The Balaban J connectivity index is 4.77. The van der Waals surface area contributed by atoms with Crippen LogP contribution in [0.25, 0.3) is 0 Å². The van der Waals surface area contributed by atoms with E-state index in [1.54, 1.807) is 20.8 Å². The molecule has 0 saturated carbocycles. The van der Waals surface area contributed by atoms with E-state index in [2.05, 4.69) is 10.6 Å². The molecule has 0 aromatic rings. The maximum atomic E-state index is 12.1. The standard InChI is InChI=1S/C13H25N3O5S/c1-13(2,3)21-12(20)16-8(5-6-22-4)11(19)15-9(7-17)10(14)18/h8-9,17H,5-7H2,1-4H3,(H2,14,18)(H,15,19)(H,16,20). The number of primary amides is 1. The molecule has 2 atom stereocenters. The second kappa shape index (κ2) is 9.52. The summed E-state index contributed by atoms with van der Waals surface area (Å²) in [4.78, 5) is 34.9. The zero-order valence-corrected chi connectivity index (χ0v) is 14.2. The fourth-order valence-corrected chi connectivity index (χ4v) is 1.90. The number of aliphatic hydroxyl groups excluding tert-OH is 1. The maximum Gasteiger partial charge on any atom is 0.408 e. The van der Waals surface area contributed by atoms with Crippen molar-refractivity contribution in [3.05, 3.63) is 0 Å². The summed E-state index contributed by atoms with van der Waals surface area (Å²) in [6.07, 6.45) is 1.49. The Labute approximate surface area is 134 Å². The number of aliphatic hydroxyl groups is 1. The van der Waals surface area contributed by atoms with Crippen LogP contribution in [0.1, 0.15) is 27.2 Å². The van der Waals surface area contributed by atoms with Gasteiger partial charge in [-0.25, -0.2) is 4.79 Å². The summed E-state index contributed by atoms with van der Waals surface area (Å²) >= 11 is 1.51. The van der Waals surface area contributed by atoms with Crippen molar-refractivity contribution in [2.75, 3.05) is 18.6 Å². The molecule has 0 aliphatic carbocycles. The third kappa shape index (κ3) is 8.73. The first kappa shape index (κ1) is 20.5. The molecule has 22 heavy (non-hydrogen) atoms. The van der Waals surface area contributed by atoms with Crippen molar-refractivity contribution >= 4 is 29.7 Å². The van der Waals surface area contributed by atoms with Crippen LogP contribution in [0.2, 0.25) is 0 Å². The lowest BCUT2D eigenvalue weighted by molar-refractivity contribution is -0.129. The Morgan fingerprint density at radius 1 is 1.23 bits per heavy atom. The van der Waals surface area contributed by atoms with Gasteiger partial charge in [0, 0.05) is 0 Å². The molecule has 0 spiro atoms. The number of carbonyl (C=O) groups is 3. The van der Waals surface area contributed by atoms with Crippen molar-refractivity contribution in [1.29, 1.82) is 0 Å². The quantitative estimate of drug-likeness (QED) is 0.477. The molecule has 0 bridgehead atoms. The Kier molecular flexibility index (Phi) is 8.88. The number of nitrogens with two attached hydrogens (primary N) is 1. The number of hydrogen-bond donors (Lipinski definition) is 4. The molecule has 0 aliphatic rings. The summed E-state index contributed by atoms with van der Waals surface area (Å²) in [5, 5.41) is 13.8. The van der Waals surface area contributed by atoms with E-state index in [0.29, 0.717) is 12.2 Å². The van der Waals surface area contributed by atoms with E-state index < -0.39 is 42.2 Å². The number of ether oxygens (including phenoxy) is 1. The molecule has 2 unspecified atom stereocenters. The Hall–Kier alpha value is -1.48. The van der Waals surface area contributed by atoms with Crippen LogP contribution in [0.15, 0.2) is 0 Å². The Morgan fingerprint density at radius 2 is 1.82 bits per heavy atom. The molecule has 0 aliphatic heterocycles. The molecular weight excluding hydrogens is 310 g/mol. The summed E-state index contributed by atoms with van der Waals surface area (Å²) in [6, 6.07) is -2.07. The highest BCUT2D eigenvalue weighted by molar-refractivity contribution is 7.98. The van der Waals surface area contributed by atoms with Crippen LogP contribution in [-0.2, 0) is 14.3 Å². The van der Waals surface area contributed by atoms with Gasteiger partial charge in [-0.2, -0.15) is 11.8 Å². The number of hydrogen-bond acceptors (Lipinski definition) is 6. The van der Waals surface area contributed by atoms with Gasteiger partial charge in [0.05, 0.1) is 6.61 Å². The summed E-state index contributed by atoms with van der Waals surface area (Å²) in [5.74, 6) is -0.830. The van der Waals surface area contributed by atoms with Crippen LogP contribution < -0.4 is 16.4 Å². The first-order valence-corrected chi connectivity index (χ1v) is 8.19. The van der Waals surface area contributed by atoms with E-state index >= 15 is 0 Å². The van der Waals surface area contributed by atoms with Crippen LogP contribution in [0.5, 0.6) is 0 Å². The summed E-state index contributed by atoms with van der Waals surface area (Å²) in [5.41, 5.74) is 4.36. The van der Waals surface area contributed by atoms with Crippen molar-refractivity contribution in [2.24, 2.45) is 5.73 Å². The number of amides is 3. The van der Waals surface area contributed by atoms with Crippen molar-refractivity contribution in [1.82, 2.24) is 10.6 Å². The van der Waals surface area contributed by atoms with Gasteiger partial charge in [-0.1, -0.05) is 0 Å². The van der Waals surface area contributed by atoms with E-state index in [-0.39, 0.29) is 0 Å². The van der Waals surface area contributed by atoms with Gasteiger partial charge < -0.3 is 26.2 Å². The van der Waals surface area contributed by atoms with Gasteiger partial charge in [0.25, 0.3) is 0 Å². The highest BCUT2D eigenvalue weighted by Gasteiger charge is 2.26. The molecular formula is C13H25N3O5S. The van der Waals surface area contributed by atoms with Gasteiger partial charge in [0.2, 0.25) is 11.8 Å². The first-order valence-electron chi connectivity index (χ1n) is 6.79. The summed E-state index contributed by atoms with van der Waals surface area (Å²) < 4.78 is 5.10. The second-order valence-corrected chi connectivity index (χ2v) is 6.61. The molecule has 0 radical (unpaired) electrons. The summed E-state index contributed by atoms with van der Waals surface area (Å²) in [6.45, 7) is 4.51. The molecule has 8 nitrogen and oxygen atoms in total. The fraction of sp³-hybridized carbons (Fsp3) is 0.769. The van der Waals surface area contributed by atoms with Gasteiger partial charge >= 0.3 is 6.09 Å². The molecule has 0 rings (SSSR count). The minimum absolute atomic E-state index is 0.350. The zero-order valence-electron chi connectivity index (χ0n) is 13.3. The van der Waals surface area contributed by atoms with E-state index in [9.17, 15) is 14.4 Å². The van der Waals surface area contributed by atoms with E-state index in [0.717, 1.165) is 0 Å². The number of nitrogens with one attached hydrogen (secondary N) is 2. The monoisotopic (exact) mass is 335 g/mol. The lowest BCUT2D eigenvalue weighted by Crippen LogP contribution is -2.54. The summed E-state index contributed by atoms with van der Waals surface area (Å²) in [7, 11) is 0. The molecule has 5 N–H and O–H groups in total. The van der Waals surface area contributed by atoms with E-state index in [4.69, 9.17) is 15.6 Å². The van der Waals surface area contributed by atoms with Crippen LogP contribution in [0.3, 0.4) is 0 Å². The molecule has 0 fully saturated rings. The molecule has 0 saturated heterocycles. The fourth-order valence-electron chi connectivity index (χ4n) is 1.43. The van der Waals surface area contributed by atoms with Crippen LogP contribution >= 0.6 is 11.8 Å². The number of thioether (sulfide) groups is 1. The zero-order chi connectivity index (χ0) is 17.3. The topological polar surface area (TPSA) is 131 Å². The van der Waals surface area contributed by atoms with Crippen LogP contribution in [0, 0.1) is 0 Å². The minimum atomic E-state index is -1.19. The van der Waals surface area contributed by atoms with Gasteiger partial charge in [-0.15, -0.1) is 0 Å². The van der Waals surface area contributed by atoms with Crippen molar-refractivity contribution in [3.8, 4) is 0 Å². The molecule has 3 amide bonds. The van der Waals surface area contributed by atoms with Crippen LogP contribution in [-0.4, -0.2) is 59.3 Å². The van der Waals surface area contributed by atoms with Gasteiger partial charge in [0.15, 0.2) is 0 Å². The molecule has 128 valence electrons. The normalized spacial score (nSPS) is 13.9. The second-order valence-electron chi connectivity index (χ2n) is 5.63. The first-order chi connectivity index (χ1) is 10.1. The molecule has 0 aromatic heterocycles. The predicted molar refractivity (Wildman–Crippen MR) is 84.4 cm³/mol. The predicted octanol–water partition coefficient (Wildman–Crippen LogP) is -0.405. The third-order valence-electron chi connectivity index (χ3n) is 2.46. The smallest absolute Gasteiger partial charge is 0.408 e. The highest BCUT2D eigenvalue weighted by Crippen LogP contribution is 2.08. The third-order valence-corrected chi connectivity index (χ3v) is 3.10. The van der Waals surface area contributed by atoms with Gasteiger partial charge in [-0.05, 0) is 39.2 Å².